The van der Waals surface area contributed by atoms with E-state index in [-0.39, 0.29) is 11.8 Å². The van der Waals surface area contributed by atoms with Crippen LogP contribution in [-0.2, 0) is 16.1 Å². The van der Waals surface area contributed by atoms with Crippen LogP contribution in [0.2, 0.25) is 0 Å². The van der Waals surface area contributed by atoms with Gasteiger partial charge in [-0.1, -0.05) is 0 Å². The van der Waals surface area contributed by atoms with Crippen molar-refractivity contribution >= 4 is 11.8 Å². The van der Waals surface area contributed by atoms with Crippen LogP contribution in [0, 0.1) is 6.92 Å². The number of piperazine rings is 2. The number of methoxy groups -OCH3 is 2. The van der Waals surface area contributed by atoms with Gasteiger partial charge < -0.3 is 19.3 Å². The first kappa shape index (κ1) is 22.4. The first-order valence-electron chi connectivity index (χ1n) is 10.6. The van der Waals surface area contributed by atoms with Crippen LogP contribution in [0.15, 0.2) is 12.1 Å². The molecule has 0 saturated carbocycles. The van der Waals surface area contributed by atoms with Gasteiger partial charge in [-0.05, 0) is 30.2 Å². The number of carbonyl (C=O) groups excluding carboxylic acids is 2. The number of aryl methyl sites for hydroxylation is 1. The highest BCUT2D eigenvalue weighted by Crippen LogP contribution is 2.31. The topological polar surface area (TPSA) is 65.6 Å². The highest BCUT2D eigenvalue weighted by Gasteiger charge is 2.25. The van der Waals surface area contributed by atoms with E-state index in [2.05, 4.69) is 16.7 Å². The maximum absolute atomic E-state index is 12.7. The van der Waals surface area contributed by atoms with Gasteiger partial charge in [-0.2, -0.15) is 0 Å². The van der Waals surface area contributed by atoms with Gasteiger partial charge in [-0.25, -0.2) is 0 Å². The molecule has 3 rings (SSSR count). The fourth-order valence-corrected chi connectivity index (χ4v) is 4.10. The largest absolute Gasteiger partial charge is 0.493 e. The van der Waals surface area contributed by atoms with E-state index in [1.54, 1.807) is 21.1 Å². The van der Waals surface area contributed by atoms with Crippen LogP contribution >= 0.6 is 0 Å². The summed E-state index contributed by atoms with van der Waals surface area (Å²) in [6, 6.07) is 4.06. The van der Waals surface area contributed by atoms with Crippen molar-refractivity contribution in [3.05, 3.63) is 23.3 Å². The Morgan fingerprint density at radius 2 is 1.37 bits per heavy atom. The Kier molecular flexibility index (Phi) is 7.55. The number of nitrogens with zero attached hydrogens (tertiary/aromatic N) is 4. The molecule has 2 aliphatic heterocycles. The van der Waals surface area contributed by atoms with Gasteiger partial charge >= 0.3 is 0 Å². The van der Waals surface area contributed by atoms with Crippen molar-refractivity contribution < 1.29 is 19.1 Å². The standard InChI is InChI=1S/C22H34N4O4/c1-17-13-20(29-3)21(30-4)14-19(17)15-23-7-11-26(12-8-23)22(28)16-24-5-9-25(10-6-24)18(2)27/h13-14H,5-12,15-16H2,1-4H3. The average Bonchev–Trinajstić information content (AvgIpc) is 2.75. The molecule has 0 unspecified atom stereocenters. The lowest BCUT2D eigenvalue weighted by atomic mass is 10.1. The summed E-state index contributed by atoms with van der Waals surface area (Å²) >= 11 is 0. The minimum Gasteiger partial charge on any atom is -0.493 e. The summed E-state index contributed by atoms with van der Waals surface area (Å²) < 4.78 is 10.8. The van der Waals surface area contributed by atoms with Gasteiger partial charge in [0.1, 0.15) is 0 Å². The fraction of sp³-hybridized carbons (Fsp3) is 0.636. The molecule has 0 radical (unpaired) electrons. The Morgan fingerprint density at radius 1 is 0.833 bits per heavy atom. The molecule has 0 spiro atoms. The lowest BCUT2D eigenvalue weighted by Gasteiger charge is -2.38. The highest BCUT2D eigenvalue weighted by atomic mass is 16.5. The molecule has 2 aliphatic rings. The van der Waals surface area contributed by atoms with Crippen LogP contribution in [0.3, 0.4) is 0 Å². The van der Waals surface area contributed by atoms with E-state index in [4.69, 9.17) is 9.47 Å². The molecular formula is C22H34N4O4. The summed E-state index contributed by atoms with van der Waals surface area (Å²) in [5.74, 6) is 1.80. The van der Waals surface area contributed by atoms with Crippen molar-refractivity contribution in [1.82, 2.24) is 19.6 Å². The van der Waals surface area contributed by atoms with Gasteiger partial charge in [-0.15, -0.1) is 0 Å². The second kappa shape index (κ2) is 10.1. The molecular weight excluding hydrogens is 384 g/mol. The Morgan fingerprint density at radius 3 is 1.93 bits per heavy atom. The zero-order chi connectivity index (χ0) is 21.7. The fourth-order valence-electron chi connectivity index (χ4n) is 4.10. The molecule has 8 heteroatoms. The second-order valence-electron chi connectivity index (χ2n) is 8.07. The third-order valence-corrected chi connectivity index (χ3v) is 6.14. The molecule has 0 atom stereocenters. The molecule has 2 fully saturated rings. The van der Waals surface area contributed by atoms with Crippen LogP contribution in [0.4, 0.5) is 0 Å². The van der Waals surface area contributed by atoms with Crippen LogP contribution in [0.25, 0.3) is 0 Å². The number of ether oxygens (including phenoxy) is 2. The van der Waals surface area contributed by atoms with Crippen molar-refractivity contribution in [2.75, 3.05) is 73.1 Å². The van der Waals surface area contributed by atoms with Crippen LogP contribution < -0.4 is 9.47 Å². The summed E-state index contributed by atoms with van der Waals surface area (Å²) in [7, 11) is 3.30. The number of benzene rings is 1. The van der Waals surface area contributed by atoms with Crippen molar-refractivity contribution in [2.45, 2.75) is 20.4 Å². The lowest BCUT2D eigenvalue weighted by Crippen LogP contribution is -2.54. The summed E-state index contributed by atoms with van der Waals surface area (Å²) in [5, 5.41) is 0. The number of rotatable bonds is 6. The second-order valence-corrected chi connectivity index (χ2v) is 8.07. The van der Waals surface area contributed by atoms with Gasteiger partial charge in [0.2, 0.25) is 11.8 Å². The lowest BCUT2D eigenvalue weighted by molar-refractivity contribution is -0.135. The molecule has 0 N–H and O–H groups in total. The summed E-state index contributed by atoms with van der Waals surface area (Å²) in [6.45, 7) is 11.1. The van der Waals surface area contributed by atoms with E-state index >= 15 is 0 Å². The van der Waals surface area contributed by atoms with Gasteiger partial charge in [-0.3, -0.25) is 19.4 Å². The van der Waals surface area contributed by atoms with E-state index in [9.17, 15) is 9.59 Å². The predicted molar refractivity (Wildman–Crippen MR) is 115 cm³/mol. The molecule has 8 nitrogen and oxygen atoms in total. The molecule has 0 aromatic heterocycles. The maximum Gasteiger partial charge on any atom is 0.236 e. The van der Waals surface area contributed by atoms with Gasteiger partial charge in [0.05, 0.1) is 20.8 Å². The zero-order valence-corrected chi connectivity index (χ0v) is 18.6. The molecule has 30 heavy (non-hydrogen) atoms. The monoisotopic (exact) mass is 418 g/mol. The van der Waals surface area contributed by atoms with Crippen LogP contribution in [0.5, 0.6) is 11.5 Å². The minimum absolute atomic E-state index is 0.113. The quantitative estimate of drug-likeness (QED) is 0.682. The van der Waals surface area contributed by atoms with E-state index in [1.165, 1.54) is 11.1 Å². The molecule has 2 heterocycles. The zero-order valence-electron chi connectivity index (χ0n) is 18.6. The van der Waals surface area contributed by atoms with Crippen molar-refractivity contribution in [3.63, 3.8) is 0 Å². The van der Waals surface area contributed by atoms with Crippen LogP contribution in [0.1, 0.15) is 18.1 Å². The normalized spacial score (nSPS) is 18.4. The summed E-state index contributed by atoms with van der Waals surface area (Å²) in [4.78, 5) is 32.5. The first-order valence-corrected chi connectivity index (χ1v) is 10.6. The molecule has 2 saturated heterocycles. The van der Waals surface area contributed by atoms with E-state index in [1.807, 2.05) is 21.9 Å². The van der Waals surface area contributed by atoms with Crippen molar-refractivity contribution in [3.8, 4) is 11.5 Å². The van der Waals surface area contributed by atoms with E-state index < -0.39 is 0 Å². The summed E-state index contributed by atoms with van der Waals surface area (Å²) in [5.41, 5.74) is 2.40. The molecule has 1 aromatic carbocycles. The van der Waals surface area contributed by atoms with Gasteiger partial charge in [0.25, 0.3) is 0 Å². The minimum atomic E-state index is 0.113. The van der Waals surface area contributed by atoms with E-state index in [0.29, 0.717) is 19.6 Å². The third-order valence-electron chi connectivity index (χ3n) is 6.14. The maximum atomic E-state index is 12.7. The Hall–Kier alpha value is -2.32. The molecule has 1 aromatic rings. The first-order chi connectivity index (χ1) is 14.4. The summed E-state index contributed by atoms with van der Waals surface area (Å²) in [6.07, 6.45) is 0. The SMILES string of the molecule is COc1cc(C)c(CN2CCN(C(=O)CN3CCN(C(C)=O)CC3)CC2)cc1OC. The Bertz CT molecular complexity index is 754. The number of hydrogen-bond acceptors (Lipinski definition) is 6. The Balaban J connectivity index is 1.47. The predicted octanol–water partition coefficient (Wildman–Crippen LogP) is 0.821. The highest BCUT2D eigenvalue weighted by molar-refractivity contribution is 5.78. The smallest absolute Gasteiger partial charge is 0.236 e. The molecule has 0 bridgehead atoms. The van der Waals surface area contributed by atoms with Crippen LogP contribution in [-0.4, -0.2) is 105 Å². The molecule has 166 valence electrons. The number of amides is 2. The number of carbonyl (C=O) groups is 2. The Labute approximate surface area is 179 Å². The number of hydrogen-bond donors (Lipinski definition) is 0. The third kappa shape index (κ3) is 5.43. The van der Waals surface area contributed by atoms with E-state index in [0.717, 1.165) is 57.3 Å². The molecule has 2 amide bonds. The average molecular weight is 419 g/mol. The van der Waals surface area contributed by atoms with Crippen molar-refractivity contribution in [1.29, 1.82) is 0 Å². The van der Waals surface area contributed by atoms with Crippen molar-refractivity contribution in [2.24, 2.45) is 0 Å². The van der Waals surface area contributed by atoms with Gasteiger partial charge in [0.15, 0.2) is 11.5 Å². The molecule has 0 aliphatic carbocycles. The van der Waals surface area contributed by atoms with Gasteiger partial charge in [0, 0.05) is 65.8 Å².